The first-order chi connectivity index (χ1) is 9.82. The molecule has 2 aromatic heterocycles. The molecule has 114 valence electrons. The zero-order valence-corrected chi connectivity index (χ0v) is 13.4. The maximum Gasteiger partial charge on any atom is 0.276 e. The second-order valence-electron chi connectivity index (χ2n) is 5.71. The third-order valence-electron chi connectivity index (χ3n) is 3.82. The van der Waals surface area contributed by atoms with E-state index in [-0.39, 0.29) is 17.9 Å². The number of nitrogens with one attached hydrogen (secondary N) is 1. The van der Waals surface area contributed by atoms with Crippen LogP contribution in [0.4, 0.5) is 0 Å². The van der Waals surface area contributed by atoms with Gasteiger partial charge in [-0.25, -0.2) is 0 Å². The minimum absolute atomic E-state index is 0.0875. The van der Waals surface area contributed by atoms with Crippen molar-refractivity contribution in [1.29, 1.82) is 0 Å². The summed E-state index contributed by atoms with van der Waals surface area (Å²) in [4.78, 5) is 14.2. The lowest BCUT2D eigenvalue weighted by Crippen LogP contribution is -2.30. The molecule has 0 aliphatic carbocycles. The highest BCUT2D eigenvalue weighted by Crippen LogP contribution is 2.25. The molecule has 0 aromatic carbocycles. The quantitative estimate of drug-likeness (QED) is 0.939. The first-order valence-corrected chi connectivity index (χ1v) is 7.08. The first kappa shape index (κ1) is 15.3. The fourth-order valence-electron chi connectivity index (χ4n) is 2.39. The number of hydrogen-bond donors (Lipinski definition) is 1. The van der Waals surface area contributed by atoms with Crippen LogP contribution < -0.4 is 0 Å². The van der Waals surface area contributed by atoms with Gasteiger partial charge in [-0.2, -0.15) is 5.10 Å². The van der Waals surface area contributed by atoms with Crippen molar-refractivity contribution in [2.75, 3.05) is 7.05 Å². The summed E-state index contributed by atoms with van der Waals surface area (Å²) in [6, 6.07) is 1.63. The van der Waals surface area contributed by atoms with E-state index in [9.17, 15) is 4.79 Å². The van der Waals surface area contributed by atoms with Crippen molar-refractivity contribution in [2.45, 2.75) is 46.6 Å². The minimum Gasteiger partial charge on any atom is -0.360 e. The van der Waals surface area contributed by atoms with Crippen LogP contribution in [0, 0.1) is 13.8 Å². The molecule has 2 heterocycles. The Morgan fingerprint density at radius 3 is 2.48 bits per heavy atom. The van der Waals surface area contributed by atoms with Crippen LogP contribution >= 0.6 is 0 Å². The molecule has 0 aliphatic heterocycles. The predicted molar refractivity (Wildman–Crippen MR) is 79.2 cm³/mol. The molecule has 0 radical (unpaired) electrons. The van der Waals surface area contributed by atoms with Crippen molar-refractivity contribution in [3.8, 4) is 0 Å². The average Bonchev–Trinajstić information content (AvgIpc) is 3.04. The Hall–Kier alpha value is -2.11. The molecule has 6 heteroatoms. The molecule has 2 aromatic rings. The number of nitrogens with zero attached hydrogens (tertiary/aromatic N) is 3. The predicted octanol–water partition coefficient (Wildman–Crippen LogP) is 2.97. The molecule has 1 N–H and O–H groups in total. The summed E-state index contributed by atoms with van der Waals surface area (Å²) in [6.07, 6.45) is 0. The van der Waals surface area contributed by atoms with E-state index in [2.05, 4.69) is 15.4 Å². The van der Waals surface area contributed by atoms with E-state index in [0.717, 1.165) is 22.7 Å². The zero-order valence-electron chi connectivity index (χ0n) is 13.4. The Morgan fingerprint density at radius 2 is 2.00 bits per heavy atom. The van der Waals surface area contributed by atoms with Gasteiger partial charge in [0.05, 0.1) is 11.7 Å². The third-order valence-corrected chi connectivity index (χ3v) is 3.82. The van der Waals surface area contributed by atoms with Gasteiger partial charge in [0, 0.05) is 30.3 Å². The SMILES string of the molecule is Cc1n[nH]c(C)c1C(C)N(C)C(=O)c1cc(C(C)C)on1. The number of aromatic nitrogens is 3. The largest absolute Gasteiger partial charge is 0.360 e. The summed E-state index contributed by atoms with van der Waals surface area (Å²) >= 11 is 0. The van der Waals surface area contributed by atoms with Crippen molar-refractivity contribution < 1.29 is 9.32 Å². The van der Waals surface area contributed by atoms with Gasteiger partial charge >= 0.3 is 0 Å². The number of aromatic amines is 1. The van der Waals surface area contributed by atoms with Crippen LogP contribution in [0.2, 0.25) is 0 Å². The van der Waals surface area contributed by atoms with Crippen molar-refractivity contribution in [3.63, 3.8) is 0 Å². The Morgan fingerprint density at radius 1 is 1.33 bits per heavy atom. The molecule has 0 bridgehead atoms. The van der Waals surface area contributed by atoms with Gasteiger partial charge in [-0.1, -0.05) is 19.0 Å². The average molecular weight is 290 g/mol. The number of H-pyrrole nitrogens is 1. The first-order valence-electron chi connectivity index (χ1n) is 7.08. The maximum atomic E-state index is 12.5. The number of carbonyl (C=O) groups is 1. The number of rotatable bonds is 4. The van der Waals surface area contributed by atoms with Gasteiger partial charge in [-0.3, -0.25) is 9.89 Å². The molecule has 0 saturated carbocycles. The molecule has 1 unspecified atom stereocenters. The van der Waals surface area contributed by atoms with E-state index in [0.29, 0.717) is 5.69 Å². The van der Waals surface area contributed by atoms with Gasteiger partial charge < -0.3 is 9.42 Å². The van der Waals surface area contributed by atoms with E-state index in [4.69, 9.17) is 4.52 Å². The van der Waals surface area contributed by atoms with Gasteiger partial charge in [0.15, 0.2) is 5.69 Å². The van der Waals surface area contributed by atoms with Crippen molar-refractivity contribution in [2.24, 2.45) is 0 Å². The van der Waals surface area contributed by atoms with Crippen LogP contribution in [0.5, 0.6) is 0 Å². The van der Waals surface area contributed by atoms with Crippen LogP contribution in [-0.2, 0) is 0 Å². The molecule has 0 saturated heterocycles. The van der Waals surface area contributed by atoms with Gasteiger partial charge in [-0.15, -0.1) is 0 Å². The number of hydrogen-bond acceptors (Lipinski definition) is 4. The fraction of sp³-hybridized carbons (Fsp3) is 0.533. The van der Waals surface area contributed by atoms with Crippen molar-refractivity contribution >= 4 is 5.91 Å². The fourth-order valence-corrected chi connectivity index (χ4v) is 2.39. The highest BCUT2D eigenvalue weighted by Gasteiger charge is 2.25. The minimum atomic E-state index is -0.154. The van der Waals surface area contributed by atoms with E-state index in [1.165, 1.54) is 0 Å². The Labute approximate surface area is 124 Å². The lowest BCUT2D eigenvalue weighted by molar-refractivity contribution is 0.0731. The number of carbonyl (C=O) groups excluding carboxylic acids is 1. The number of aryl methyl sites for hydroxylation is 2. The molecule has 2 rings (SSSR count). The normalized spacial score (nSPS) is 12.7. The van der Waals surface area contributed by atoms with E-state index in [1.807, 2.05) is 34.6 Å². The molecule has 0 spiro atoms. The van der Waals surface area contributed by atoms with Crippen LogP contribution in [-0.4, -0.2) is 33.2 Å². The Balaban J connectivity index is 2.22. The molecule has 1 atom stereocenters. The molecule has 0 fully saturated rings. The smallest absolute Gasteiger partial charge is 0.276 e. The summed E-state index contributed by atoms with van der Waals surface area (Å²) in [5.41, 5.74) is 3.26. The van der Waals surface area contributed by atoms with E-state index >= 15 is 0 Å². The second kappa shape index (κ2) is 5.71. The molecule has 21 heavy (non-hydrogen) atoms. The van der Waals surface area contributed by atoms with Crippen LogP contribution in [0.3, 0.4) is 0 Å². The number of amides is 1. The molecule has 6 nitrogen and oxygen atoms in total. The second-order valence-corrected chi connectivity index (χ2v) is 5.71. The van der Waals surface area contributed by atoms with Gasteiger partial charge in [-0.05, 0) is 20.8 Å². The Bertz CT molecular complexity index is 622. The summed E-state index contributed by atoms with van der Waals surface area (Å²) in [5.74, 6) is 0.772. The van der Waals surface area contributed by atoms with E-state index in [1.54, 1.807) is 18.0 Å². The summed E-state index contributed by atoms with van der Waals surface area (Å²) < 4.78 is 5.20. The topological polar surface area (TPSA) is 75.0 Å². The van der Waals surface area contributed by atoms with Crippen molar-refractivity contribution in [3.05, 3.63) is 34.5 Å². The maximum absolute atomic E-state index is 12.5. The highest BCUT2D eigenvalue weighted by molar-refractivity contribution is 5.92. The molecule has 0 aliphatic rings. The lowest BCUT2D eigenvalue weighted by Gasteiger charge is -2.24. The standard InChI is InChI=1S/C15H22N4O2/c1-8(2)13-7-12(18-21-13)15(20)19(6)11(5)14-9(3)16-17-10(14)4/h7-8,11H,1-6H3,(H,16,17). The summed E-state index contributed by atoms with van der Waals surface area (Å²) in [6.45, 7) is 9.86. The van der Waals surface area contributed by atoms with Crippen LogP contribution in [0.1, 0.15) is 65.9 Å². The molecule has 1 amide bonds. The third kappa shape index (κ3) is 2.84. The molecular weight excluding hydrogens is 268 g/mol. The highest BCUT2D eigenvalue weighted by atomic mass is 16.5. The van der Waals surface area contributed by atoms with Gasteiger partial charge in [0.25, 0.3) is 5.91 Å². The summed E-state index contributed by atoms with van der Waals surface area (Å²) in [5, 5.41) is 11.0. The Kier molecular flexibility index (Phi) is 4.16. The lowest BCUT2D eigenvalue weighted by atomic mass is 10.0. The molecular formula is C15H22N4O2. The van der Waals surface area contributed by atoms with Gasteiger partial charge in [0.2, 0.25) is 0 Å². The monoisotopic (exact) mass is 290 g/mol. The van der Waals surface area contributed by atoms with E-state index < -0.39 is 0 Å². The van der Waals surface area contributed by atoms with Crippen LogP contribution in [0.25, 0.3) is 0 Å². The zero-order chi connectivity index (χ0) is 15.7. The van der Waals surface area contributed by atoms with Crippen molar-refractivity contribution in [1.82, 2.24) is 20.3 Å². The van der Waals surface area contributed by atoms with Crippen LogP contribution in [0.15, 0.2) is 10.6 Å². The van der Waals surface area contributed by atoms with Gasteiger partial charge in [0.1, 0.15) is 5.76 Å². The summed E-state index contributed by atoms with van der Waals surface area (Å²) in [7, 11) is 1.77.